The molecule has 0 aliphatic carbocycles. The van der Waals surface area contributed by atoms with Crippen LogP contribution in [0.5, 0.6) is 0 Å². The molecule has 80 valence electrons. The molecule has 0 amide bonds. The van der Waals surface area contributed by atoms with Crippen molar-refractivity contribution in [2.75, 3.05) is 5.75 Å². The van der Waals surface area contributed by atoms with Gasteiger partial charge >= 0.3 is 0 Å². The van der Waals surface area contributed by atoms with Crippen molar-refractivity contribution in [1.29, 1.82) is 0 Å². The quantitative estimate of drug-likeness (QED) is 0.690. The summed E-state index contributed by atoms with van der Waals surface area (Å²) < 4.78 is 23.3. The van der Waals surface area contributed by atoms with Gasteiger partial charge in [0.2, 0.25) is 0 Å². The van der Waals surface area contributed by atoms with Gasteiger partial charge in [-0.3, -0.25) is 0 Å². The molecular weight excluding hydrogens is 198 g/mol. The summed E-state index contributed by atoms with van der Waals surface area (Å²) in [6, 6.07) is -0.312. The predicted molar refractivity (Wildman–Crippen MR) is 57.5 cm³/mol. The molecule has 14 heavy (non-hydrogen) atoms. The lowest BCUT2D eigenvalue weighted by molar-refractivity contribution is 0.500. The Bertz CT molecular complexity index is 337. The summed E-state index contributed by atoms with van der Waals surface area (Å²) in [5.74, 6) is 5.88. The van der Waals surface area contributed by atoms with E-state index in [0.717, 1.165) is 12.8 Å². The van der Waals surface area contributed by atoms with Crippen molar-refractivity contribution in [2.24, 2.45) is 5.73 Å². The second kappa shape index (κ2) is 4.81. The third kappa shape index (κ3) is 2.73. The Labute approximate surface area is 86.0 Å². The molecule has 1 fully saturated rings. The minimum absolute atomic E-state index is 0.297. The third-order valence-electron chi connectivity index (χ3n) is 2.62. The number of rotatable bonds is 2. The Kier molecular flexibility index (Phi) is 3.97. The van der Waals surface area contributed by atoms with E-state index in [4.69, 9.17) is 5.73 Å². The van der Waals surface area contributed by atoms with Crippen molar-refractivity contribution in [3.05, 3.63) is 0 Å². The van der Waals surface area contributed by atoms with Gasteiger partial charge in [0.15, 0.2) is 9.84 Å². The first-order chi connectivity index (χ1) is 6.58. The van der Waals surface area contributed by atoms with E-state index in [0.29, 0.717) is 18.6 Å². The minimum Gasteiger partial charge on any atom is -0.326 e. The summed E-state index contributed by atoms with van der Waals surface area (Å²) in [6.45, 7) is 1.74. The van der Waals surface area contributed by atoms with Crippen LogP contribution in [0.3, 0.4) is 0 Å². The van der Waals surface area contributed by atoms with Gasteiger partial charge in [-0.1, -0.05) is 6.42 Å². The molecule has 0 radical (unpaired) electrons. The average molecular weight is 215 g/mol. The largest absolute Gasteiger partial charge is 0.326 e. The number of hydrogen-bond donors (Lipinski definition) is 1. The van der Waals surface area contributed by atoms with Gasteiger partial charge in [0.1, 0.15) is 0 Å². The van der Waals surface area contributed by atoms with Crippen molar-refractivity contribution in [3.63, 3.8) is 0 Å². The van der Waals surface area contributed by atoms with Crippen LogP contribution in [-0.4, -0.2) is 25.5 Å². The highest BCUT2D eigenvalue weighted by Crippen LogP contribution is 2.22. The Morgan fingerprint density at radius 1 is 1.50 bits per heavy atom. The maximum Gasteiger partial charge on any atom is 0.154 e. The van der Waals surface area contributed by atoms with E-state index in [-0.39, 0.29) is 11.3 Å². The molecule has 0 aromatic heterocycles. The minimum atomic E-state index is -2.95. The molecule has 4 heteroatoms. The van der Waals surface area contributed by atoms with Crippen LogP contribution in [-0.2, 0) is 9.84 Å². The van der Waals surface area contributed by atoms with Gasteiger partial charge in [-0.15, -0.1) is 11.8 Å². The Morgan fingerprint density at radius 3 is 2.79 bits per heavy atom. The fourth-order valence-electron chi connectivity index (χ4n) is 1.81. The Morgan fingerprint density at radius 2 is 2.21 bits per heavy atom. The zero-order valence-corrected chi connectivity index (χ0v) is 9.31. The van der Waals surface area contributed by atoms with Gasteiger partial charge in [-0.25, -0.2) is 8.42 Å². The van der Waals surface area contributed by atoms with E-state index >= 15 is 0 Å². The van der Waals surface area contributed by atoms with Crippen molar-refractivity contribution < 1.29 is 8.42 Å². The van der Waals surface area contributed by atoms with Crippen LogP contribution in [0.2, 0.25) is 0 Å². The summed E-state index contributed by atoms with van der Waals surface area (Å²) >= 11 is 0. The first kappa shape index (κ1) is 11.5. The average Bonchev–Trinajstić information content (AvgIpc) is 2.13. The molecule has 1 heterocycles. The molecule has 1 rings (SSSR count). The van der Waals surface area contributed by atoms with Crippen molar-refractivity contribution in [1.82, 2.24) is 0 Å². The second-order valence-electron chi connectivity index (χ2n) is 3.70. The number of hydrogen-bond acceptors (Lipinski definition) is 3. The van der Waals surface area contributed by atoms with Gasteiger partial charge in [0.05, 0.1) is 11.0 Å². The SMILES string of the molecule is CC#CCC(N)C1CCCCS1(=O)=O. The summed E-state index contributed by atoms with van der Waals surface area (Å²) in [5, 5.41) is -0.364. The standard InChI is InChI=1S/C10H17NO2S/c1-2-3-6-9(11)10-7-4-5-8-14(10,12)13/h9-10H,4-8,11H2,1H3. The monoisotopic (exact) mass is 215 g/mol. The highest BCUT2D eigenvalue weighted by Gasteiger charge is 2.32. The number of nitrogens with two attached hydrogens (primary N) is 1. The van der Waals surface area contributed by atoms with Crippen LogP contribution in [0.15, 0.2) is 0 Å². The highest BCUT2D eigenvalue weighted by atomic mass is 32.2. The normalized spacial score (nSPS) is 27.4. The summed E-state index contributed by atoms with van der Waals surface area (Å²) in [6.07, 6.45) is 2.94. The van der Waals surface area contributed by atoms with E-state index in [1.165, 1.54) is 0 Å². The fourth-order valence-corrected chi connectivity index (χ4v) is 3.88. The van der Waals surface area contributed by atoms with Gasteiger partial charge in [0, 0.05) is 12.5 Å². The predicted octanol–water partition coefficient (Wildman–Crippen LogP) is 0.694. The van der Waals surface area contributed by atoms with E-state index in [9.17, 15) is 8.42 Å². The highest BCUT2D eigenvalue weighted by molar-refractivity contribution is 7.92. The summed E-state index contributed by atoms with van der Waals surface area (Å²) in [5.41, 5.74) is 5.83. The van der Waals surface area contributed by atoms with E-state index in [1.54, 1.807) is 6.92 Å². The van der Waals surface area contributed by atoms with Gasteiger partial charge in [0.25, 0.3) is 0 Å². The van der Waals surface area contributed by atoms with Gasteiger partial charge in [-0.05, 0) is 19.8 Å². The van der Waals surface area contributed by atoms with Crippen LogP contribution >= 0.6 is 0 Å². The zero-order valence-electron chi connectivity index (χ0n) is 8.49. The lowest BCUT2D eigenvalue weighted by Gasteiger charge is -2.26. The fraction of sp³-hybridized carbons (Fsp3) is 0.800. The molecule has 1 aliphatic heterocycles. The molecule has 2 atom stereocenters. The van der Waals surface area contributed by atoms with Crippen molar-refractivity contribution >= 4 is 9.84 Å². The lowest BCUT2D eigenvalue weighted by atomic mass is 10.1. The first-order valence-electron chi connectivity index (χ1n) is 4.94. The smallest absolute Gasteiger partial charge is 0.154 e. The molecule has 1 saturated heterocycles. The summed E-state index contributed by atoms with van der Waals surface area (Å²) in [4.78, 5) is 0. The molecule has 0 aromatic rings. The van der Waals surface area contributed by atoms with Crippen molar-refractivity contribution in [2.45, 2.75) is 43.9 Å². The molecule has 2 unspecified atom stereocenters. The topological polar surface area (TPSA) is 60.2 Å². The Balaban J connectivity index is 2.68. The molecule has 0 bridgehead atoms. The second-order valence-corrected chi connectivity index (χ2v) is 6.04. The third-order valence-corrected chi connectivity index (χ3v) is 4.99. The van der Waals surface area contributed by atoms with Gasteiger partial charge < -0.3 is 5.73 Å². The molecule has 0 spiro atoms. The lowest BCUT2D eigenvalue weighted by Crippen LogP contribution is -2.43. The van der Waals surface area contributed by atoms with Crippen LogP contribution in [0.1, 0.15) is 32.6 Å². The van der Waals surface area contributed by atoms with E-state index < -0.39 is 9.84 Å². The maximum absolute atomic E-state index is 11.7. The van der Waals surface area contributed by atoms with E-state index in [2.05, 4.69) is 11.8 Å². The van der Waals surface area contributed by atoms with Crippen LogP contribution < -0.4 is 5.73 Å². The van der Waals surface area contributed by atoms with Gasteiger partial charge in [-0.2, -0.15) is 0 Å². The van der Waals surface area contributed by atoms with E-state index in [1.807, 2.05) is 0 Å². The molecular formula is C10H17NO2S. The first-order valence-corrected chi connectivity index (χ1v) is 6.66. The van der Waals surface area contributed by atoms with Crippen molar-refractivity contribution in [3.8, 4) is 11.8 Å². The Hall–Kier alpha value is -0.530. The van der Waals surface area contributed by atoms with Crippen LogP contribution in [0.4, 0.5) is 0 Å². The molecule has 0 saturated carbocycles. The molecule has 2 N–H and O–H groups in total. The molecule has 3 nitrogen and oxygen atoms in total. The van der Waals surface area contributed by atoms with Crippen LogP contribution in [0.25, 0.3) is 0 Å². The molecule has 1 aliphatic rings. The van der Waals surface area contributed by atoms with Crippen LogP contribution in [0, 0.1) is 11.8 Å². The maximum atomic E-state index is 11.7. The summed E-state index contributed by atoms with van der Waals surface area (Å²) in [7, 11) is -2.95. The zero-order chi connectivity index (χ0) is 10.6. The number of sulfone groups is 1. The molecule has 0 aromatic carbocycles.